The molecule has 0 aromatic heterocycles. The standard InChI is InChI=1S/C11H25NO2/c1-2-3-4-5-6-7-12-8-10-14-11-9-13/h12-13H,2-11H2,1H3. The minimum Gasteiger partial charge on any atom is -0.394 e. The van der Waals surface area contributed by atoms with Crippen molar-refractivity contribution in [3.8, 4) is 0 Å². The number of hydrogen-bond donors (Lipinski definition) is 2. The molecule has 0 aromatic rings. The maximum atomic E-state index is 8.44. The van der Waals surface area contributed by atoms with Gasteiger partial charge in [-0.25, -0.2) is 0 Å². The smallest absolute Gasteiger partial charge is 0.0698 e. The van der Waals surface area contributed by atoms with Crippen molar-refractivity contribution < 1.29 is 9.84 Å². The molecule has 0 saturated carbocycles. The summed E-state index contributed by atoms with van der Waals surface area (Å²) < 4.78 is 5.12. The lowest BCUT2D eigenvalue weighted by atomic mass is 10.1. The van der Waals surface area contributed by atoms with Crippen molar-refractivity contribution in [2.24, 2.45) is 0 Å². The Morgan fingerprint density at radius 2 is 1.79 bits per heavy atom. The van der Waals surface area contributed by atoms with E-state index in [1.165, 1.54) is 32.1 Å². The van der Waals surface area contributed by atoms with Crippen molar-refractivity contribution >= 4 is 0 Å². The second-order valence-corrected chi connectivity index (χ2v) is 3.50. The molecule has 2 N–H and O–H groups in total. The molecule has 0 aliphatic carbocycles. The molecule has 3 heteroatoms. The normalized spacial score (nSPS) is 10.7. The molecule has 0 atom stereocenters. The average Bonchev–Trinajstić information content (AvgIpc) is 2.21. The maximum Gasteiger partial charge on any atom is 0.0698 e. The van der Waals surface area contributed by atoms with E-state index in [-0.39, 0.29) is 6.61 Å². The summed E-state index contributed by atoms with van der Waals surface area (Å²) in [6, 6.07) is 0. The zero-order valence-electron chi connectivity index (χ0n) is 9.43. The highest BCUT2D eigenvalue weighted by molar-refractivity contribution is 4.48. The van der Waals surface area contributed by atoms with Crippen LogP contribution in [0.15, 0.2) is 0 Å². The fraction of sp³-hybridized carbons (Fsp3) is 1.00. The van der Waals surface area contributed by atoms with Gasteiger partial charge in [-0.1, -0.05) is 32.6 Å². The highest BCUT2D eigenvalue weighted by Crippen LogP contribution is 2.00. The number of hydrogen-bond acceptors (Lipinski definition) is 3. The first-order valence-corrected chi connectivity index (χ1v) is 5.81. The molecule has 0 spiro atoms. The molecule has 0 amide bonds. The summed E-state index contributed by atoms with van der Waals surface area (Å²) >= 11 is 0. The van der Waals surface area contributed by atoms with Crippen LogP contribution < -0.4 is 5.32 Å². The number of ether oxygens (including phenoxy) is 1. The van der Waals surface area contributed by atoms with Gasteiger partial charge < -0.3 is 15.2 Å². The SMILES string of the molecule is CCCCCCCNCCOCCO. The van der Waals surface area contributed by atoms with Crippen LogP contribution in [0.25, 0.3) is 0 Å². The third kappa shape index (κ3) is 11.9. The fourth-order valence-corrected chi connectivity index (χ4v) is 1.29. The maximum absolute atomic E-state index is 8.44. The lowest BCUT2D eigenvalue weighted by Crippen LogP contribution is -2.21. The summed E-state index contributed by atoms with van der Waals surface area (Å²) in [6.45, 7) is 5.50. The van der Waals surface area contributed by atoms with Gasteiger partial charge in [-0.05, 0) is 13.0 Å². The molecule has 3 nitrogen and oxygen atoms in total. The molecular weight excluding hydrogens is 178 g/mol. The van der Waals surface area contributed by atoms with E-state index in [2.05, 4.69) is 12.2 Å². The van der Waals surface area contributed by atoms with E-state index in [1.807, 2.05) is 0 Å². The van der Waals surface area contributed by atoms with E-state index in [9.17, 15) is 0 Å². The van der Waals surface area contributed by atoms with E-state index in [0.717, 1.165) is 13.1 Å². The summed E-state index contributed by atoms with van der Waals surface area (Å²) in [7, 11) is 0. The molecule has 0 rings (SSSR count). The van der Waals surface area contributed by atoms with Gasteiger partial charge in [0.2, 0.25) is 0 Å². The van der Waals surface area contributed by atoms with Crippen LogP contribution in [0.3, 0.4) is 0 Å². The predicted octanol–water partition coefficient (Wildman–Crippen LogP) is 1.56. The molecule has 14 heavy (non-hydrogen) atoms. The van der Waals surface area contributed by atoms with Crippen LogP contribution in [0.1, 0.15) is 39.0 Å². The Hall–Kier alpha value is -0.120. The van der Waals surface area contributed by atoms with Gasteiger partial charge in [-0.2, -0.15) is 0 Å². The zero-order chi connectivity index (χ0) is 10.5. The van der Waals surface area contributed by atoms with Crippen LogP contribution in [0, 0.1) is 0 Å². The highest BCUT2D eigenvalue weighted by atomic mass is 16.5. The van der Waals surface area contributed by atoms with Crippen LogP contribution in [-0.2, 0) is 4.74 Å². The topological polar surface area (TPSA) is 41.5 Å². The van der Waals surface area contributed by atoms with Gasteiger partial charge in [-0.3, -0.25) is 0 Å². The third-order valence-electron chi connectivity index (χ3n) is 2.12. The lowest BCUT2D eigenvalue weighted by molar-refractivity contribution is 0.0939. The first-order valence-electron chi connectivity index (χ1n) is 5.81. The summed E-state index contributed by atoms with van der Waals surface area (Å²) in [5.41, 5.74) is 0. The van der Waals surface area contributed by atoms with E-state index >= 15 is 0 Å². The minimum atomic E-state index is 0.122. The van der Waals surface area contributed by atoms with E-state index < -0.39 is 0 Å². The Balaban J connectivity index is 2.78. The molecule has 0 bridgehead atoms. The molecule has 0 aromatic carbocycles. The van der Waals surface area contributed by atoms with Crippen LogP contribution in [-0.4, -0.2) is 38.0 Å². The number of aliphatic hydroxyl groups is 1. The van der Waals surface area contributed by atoms with Crippen LogP contribution in [0.2, 0.25) is 0 Å². The fourth-order valence-electron chi connectivity index (χ4n) is 1.29. The Morgan fingerprint density at radius 3 is 2.50 bits per heavy atom. The largest absolute Gasteiger partial charge is 0.394 e. The Kier molecular flexibility index (Phi) is 12.8. The molecule has 0 aliphatic heterocycles. The van der Waals surface area contributed by atoms with Gasteiger partial charge in [0.05, 0.1) is 19.8 Å². The van der Waals surface area contributed by atoms with Crippen molar-refractivity contribution in [1.82, 2.24) is 5.32 Å². The Bertz CT molecular complexity index is 87.3. The van der Waals surface area contributed by atoms with Crippen molar-refractivity contribution in [2.45, 2.75) is 39.0 Å². The highest BCUT2D eigenvalue weighted by Gasteiger charge is 1.90. The van der Waals surface area contributed by atoms with Crippen LogP contribution in [0.5, 0.6) is 0 Å². The molecule has 86 valence electrons. The van der Waals surface area contributed by atoms with E-state index in [4.69, 9.17) is 9.84 Å². The summed E-state index contributed by atoms with van der Waals surface area (Å²) in [4.78, 5) is 0. The van der Waals surface area contributed by atoms with Crippen molar-refractivity contribution in [3.63, 3.8) is 0 Å². The summed E-state index contributed by atoms with van der Waals surface area (Å²) in [5.74, 6) is 0. The predicted molar refractivity (Wildman–Crippen MR) is 59.5 cm³/mol. The van der Waals surface area contributed by atoms with E-state index in [1.54, 1.807) is 0 Å². The molecule has 0 saturated heterocycles. The summed E-state index contributed by atoms with van der Waals surface area (Å²) in [6.07, 6.45) is 6.62. The third-order valence-corrected chi connectivity index (χ3v) is 2.12. The van der Waals surface area contributed by atoms with Crippen molar-refractivity contribution in [3.05, 3.63) is 0 Å². The van der Waals surface area contributed by atoms with Gasteiger partial charge in [0.1, 0.15) is 0 Å². The number of rotatable bonds is 11. The first-order chi connectivity index (χ1) is 6.91. The number of nitrogens with one attached hydrogen (secondary N) is 1. The average molecular weight is 203 g/mol. The number of unbranched alkanes of at least 4 members (excludes halogenated alkanes) is 4. The van der Waals surface area contributed by atoms with Gasteiger partial charge in [0.25, 0.3) is 0 Å². The molecule has 0 fully saturated rings. The van der Waals surface area contributed by atoms with Crippen molar-refractivity contribution in [2.75, 3.05) is 32.9 Å². The Labute approximate surface area is 87.8 Å². The molecular formula is C11H25NO2. The molecule has 0 aliphatic rings. The molecule has 0 heterocycles. The second-order valence-electron chi connectivity index (χ2n) is 3.50. The monoisotopic (exact) mass is 203 g/mol. The quantitative estimate of drug-likeness (QED) is 0.501. The molecule has 0 unspecified atom stereocenters. The van der Waals surface area contributed by atoms with Crippen LogP contribution >= 0.6 is 0 Å². The minimum absolute atomic E-state index is 0.122. The summed E-state index contributed by atoms with van der Waals surface area (Å²) in [5, 5.41) is 11.8. The van der Waals surface area contributed by atoms with Crippen LogP contribution in [0.4, 0.5) is 0 Å². The van der Waals surface area contributed by atoms with Crippen molar-refractivity contribution in [1.29, 1.82) is 0 Å². The first kappa shape index (κ1) is 13.9. The Morgan fingerprint density at radius 1 is 1.00 bits per heavy atom. The lowest BCUT2D eigenvalue weighted by Gasteiger charge is -2.04. The van der Waals surface area contributed by atoms with Gasteiger partial charge in [0, 0.05) is 6.54 Å². The van der Waals surface area contributed by atoms with Gasteiger partial charge >= 0.3 is 0 Å². The second kappa shape index (κ2) is 12.9. The van der Waals surface area contributed by atoms with Gasteiger partial charge in [0.15, 0.2) is 0 Å². The number of aliphatic hydroxyl groups excluding tert-OH is 1. The molecule has 0 radical (unpaired) electrons. The van der Waals surface area contributed by atoms with Gasteiger partial charge in [-0.15, -0.1) is 0 Å². The zero-order valence-corrected chi connectivity index (χ0v) is 9.43. The van der Waals surface area contributed by atoms with E-state index in [0.29, 0.717) is 13.2 Å².